The zero-order chi connectivity index (χ0) is 13.9. The van der Waals surface area contributed by atoms with Crippen molar-refractivity contribution in [3.8, 4) is 0 Å². The summed E-state index contributed by atoms with van der Waals surface area (Å²) in [6, 6.07) is 10.1. The number of aryl methyl sites for hydroxylation is 1. The third-order valence-electron chi connectivity index (χ3n) is 3.20. The van der Waals surface area contributed by atoms with Gasteiger partial charge in [0.25, 0.3) is 0 Å². The lowest BCUT2D eigenvalue weighted by Crippen LogP contribution is -2.12. The Bertz CT molecular complexity index is 656. The van der Waals surface area contributed by atoms with E-state index in [1.165, 1.54) is 0 Å². The van der Waals surface area contributed by atoms with Crippen molar-refractivity contribution in [1.29, 1.82) is 0 Å². The van der Waals surface area contributed by atoms with Crippen molar-refractivity contribution in [2.45, 2.75) is 20.1 Å². The average molecular weight is 288 g/mol. The van der Waals surface area contributed by atoms with Crippen LogP contribution in [0.15, 0.2) is 35.3 Å². The van der Waals surface area contributed by atoms with Gasteiger partial charge in [0.2, 0.25) is 5.28 Å². The lowest BCUT2D eigenvalue weighted by Gasteiger charge is -2.08. The predicted molar refractivity (Wildman–Crippen MR) is 78.1 cm³/mol. The molecule has 1 aliphatic rings. The first-order valence-electron chi connectivity index (χ1n) is 6.42. The van der Waals surface area contributed by atoms with E-state index in [1.54, 1.807) is 0 Å². The molecule has 0 unspecified atom stereocenters. The molecule has 3 rings (SSSR count). The van der Waals surface area contributed by atoms with Crippen LogP contribution in [0, 0.1) is 6.92 Å². The number of aromatic nitrogens is 2. The third-order valence-corrected chi connectivity index (χ3v) is 3.37. The fourth-order valence-electron chi connectivity index (χ4n) is 2.29. The van der Waals surface area contributed by atoms with Gasteiger partial charge in [-0.1, -0.05) is 30.3 Å². The summed E-state index contributed by atoms with van der Waals surface area (Å²) in [5, 5.41) is 0.280. The molecule has 0 saturated heterocycles. The summed E-state index contributed by atoms with van der Waals surface area (Å²) < 4.78 is 5.73. The molecule has 20 heavy (non-hydrogen) atoms. The monoisotopic (exact) mass is 287 g/mol. The quantitative estimate of drug-likeness (QED) is 0.812. The van der Waals surface area contributed by atoms with Crippen molar-refractivity contribution >= 4 is 17.3 Å². The molecule has 102 valence electrons. The van der Waals surface area contributed by atoms with Crippen molar-refractivity contribution in [3.63, 3.8) is 0 Å². The second-order valence-corrected chi connectivity index (χ2v) is 4.98. The molecule has 1 aromatic carbocycles. The molecule has 0 bridgehead atoms. The number of hydrogen-bond acceptors (Lipinski definition) is 4. The molecular formula is C15H14ClN3O. The van der Waals surface area contributed by atoms with Crippen LogP contribution in [0.25, 0.3) is 0 Å². The highest BCUT2D eigenvalue weighted by Gasteiger charge is 2.21. The maximum atomic E-state index is 5.86. The SMILES string of the molecule is Cc1nc(Cl)nc2c1C(COCc1ccccc1)=NC2. The Labute approximate surface area is 122 Å². The Morgan fingerprint density at radius 1 is 1.15 bits per heavy atom. The Hall–Kier alpha value is -1.78. The predicted octanol–water partition coefficient (Wildman–Crippen LogP) is 2.96. The second-order valence-electron chi connectivity index (χ2n) is 4.64. The number of nitrogens with zero attached hydrogens (tertiary/aromatic N) is 3. The second kappa shape index (κ2) is 5.69. The van der Waals surface area contributed by atoms with E-state index < -0.39 is 0 Å². The number of aliphatic imine (C=N–C) groups is 1. The molecule has 5 heteroatoms. The molecule has 2 heterocycles. The van der Waals surface area contributed by atoms with Crippen LogP contribution in [-0.2, 0) is 17.9 Å². The Kier molecular flexibility index (Phi) is 3.76. The van der Waals surface area contributed by atoms with Crippen molar-refractivity contribution in [3.05, 3.63) is 58.1 Å². The molecule has 4 nitrogen and oxygen atoms in total. The first-order valence-corrected chi connectivity index (χ1v) is 6.80. The van der Waals surface area contributed by atoms with Gasteiger partial charge in [0.1, 0.15) is 0 Å². The highest BCUT2D eigenvalue weighted by molar-refractivity contribution is 6.28. The smallest absolute Gasteiger partial charge is 0.222 e. The normalized spacial score (nSPS) is 13.2. The maximum absolute atomic E-state index is 5.86. The van der Waals surface area contributed by atoms with Crippen molar-refractivity contribution < 1.29 is 4.74 Å². The maximum Gasteiger partial charge on any atom is 0.222 e. The van der Waals surface area contributed by atoms with Gasteiger partial charge in [0.05, 0.1) is 36.9 Å². The first-order chi connectivity index (χ1) is 9.74. The van der Waals surface area contributed by atoms with Gasteiger partial charge in [-0.3, -0.25) is 4.99 Å². The van der Waals surface area contributed by atoms with Crippen LogP contribution >= 0.6 is 11.6 Å². The number of rotatable bonds is 4. The minimum absolute atomic E-state index is 0.280. The van der Waals surface area contributed by atoms with Gasteiger partial charge in [-0.2, -0.15) is 0 Å². The van der Waals surface area contributed by atoms with Crippen molar-refractivity contribution in [2.75, 3.05) is 6.61 Å². The van der Waals surface area contributed by atoms with Crippen LogP contribution < -0.4 is 0 Å². The zero-order valence-electron chi connectivity index (χ0n) is 11.1. The van der Waals surface area contributed by atoms with E-state index in [1.807, 2.05) is 37.3 Å². The Morgan fingerprint density at radius 2 is 1.95 bits per heavy atom. The molecular weight excluding hydrogens is 274 g/mol. The van der Waals surface area contributed by atoms with Crippen LogP contribution in [0.5, 0.6) is 0 Å². The molecule has 2 aromatic rings. The molecule has 0 amide bonds. The largest absolute Gasteiger partial charge is 0.370 e. The Morgan fingerprint density at radius 3 is 2.75 bits per heavy atom. The molecule has 0 radical (unpaired) electrons. The molecule has 0 N–H and O–H groups in total. The summed E-state index contributed by atoms with van der Waals surface area (Å²) in [6.07, 6.45) is 0. The fourth-order valence-corrected chi connectivity index (χ4v) is 2.52. The van der Waals surface area contributed by atoms with Crippen LogP contribution in [0.3, 0.4) is 0 Å². The summed E-state index contributed by atoms with van der Waals surface area (Å²) in [6.45, 7) is 3.52. The molecule has 0 atom stereocenters. The van der Waals surface area contributed by atoms with Gasteiger partial charge >= 0.3 is 0 Å². The van der Waals surface area contributed by atoms with E-state index in [0.717, 1.165) is 28.2 Å². The van der Waals surface area contributed by atoms with Gasteiger partial charge < -0.3 is 4.74 Å². The van der Waals surface area contributed by atoms with Crippen molar-refractivity contribution in [1.82, 2.24) is 9.97 Å². The van der Waals surface area contributed by atoms with Gasteiger partial charge in [0, 0.05) is 5.56 Å². The zero-order valence-corrected chi connectivity index (χ0v) is 11.9. The number of hydrogen-bond donors (Lipinski definition) is 0. The van der Waals surface area contributed by atoms with Gasteiger partial charge in [0.15, 0.2) is 0 Å². The van der Waals surface area contributed by atoms with Gasteiger partial charge in [-0.25, -0.2) is 9.97 Å². The minimum Gasteiger partial charge on any atom is -0.370 e. The lowest BCUT2D eigenvalue weighted by atomic mass is 10.1. The van der Waals surface area contributed by atoms with Crippen LogP contribution in [-0.4, -0.2) is 22.3 Å². The molecule has 0 spiro atoms. The van der Waals surface area contributed by atoms with E-state index >= 15 is 0 Å². The summed E-state index contributed by atoms with van der Waals surface area (Å²) >= 11 is 5.86. The fraction of sp³-hybridized carbons (Fsp3) is 0.267. The van der Waals surface area contributed by atoms with E-state index in [2.05, 4.69) is 15.0 Å². The van der Waals surface area contributed by atoms with Crippen molar-refractivity contribution in [2.24, 2.45) is 4.99 Å². The summed E-state index contributed by atoms with van der Waals surface area (Å²) in [4.78, 5) is 12.9. The highest BCUT2D eigenvalue weighted by Crippen LogP contribution is 2.21. The first kappa shape index (κ1) is 13.2. The number of ether oxygens (including phenoxy) is 1. The minimum atomic E-state index is 0.280. The van der Waals surface area contributed by atoms with Crippen LogP contribution in [0.2, 0.25) is 5.28 Å². The van der Waals surface area contributed by atoms with Gasteiger partial charge in [-0.05, 0) is 24.1 Å². The highest BCUT2D eigenvalue weighted by atomic mass is 35.5. The van der Waals surface area contributed by atoms with E-state index in [9.17, 15) is 0 Å². The molecule has 1 aromatic heterocycles. The molecule has 0 aliphatic carbocycles. The van der Waals surface area contributed by atoms with Crippen LogP contribution in [0.1, 0.15) is 22.5 Å². The molecule has 1 aliphatic heterocycles. The van der Waals surface area contributed by atoms with E-state index in [0.29, 0.717) is 19.8 Å². The third kappa shape index (κ3) is 2.71. The number of halogens is 1. The summed E-state index contributed by atoms with van der Waals surface area (Å²) in [5.74, 6) is 0. The molecule has 0 saturated carbocycles. The summed E-state index contributed by atoms with van der Waals surface area (Å²) in [5.41, 5.74) is 4.79. The Balaban J connectivity index is 1.67. The summed E-state index contributed by atoms with van der Waals surface area (Å²) in [7, 11) is 0. The number of fused-ring (bicyclic) bond motifs is 1. The number of benzene rings is 1. The standard InChI is InChI=1S/C15H14ClN3O/c1-10-14-12(19-15(16)18-10)7-17-13(14)9-20-8-11-5-3-2-4-6-11/h2-6H,7-9H2,1H3. The van der Waals surface area contributed by atoms with Gasteiger partial charge in [-0.15, -0.1) is 0 Å². The lowest BCUT2D eigenvalue weighted by molar-refractivity contribution is 0.158. The average Bonchev–Trinajstić information content (AvgIpc) is 2.83. The topological polar surface area (TPSA) is 47.4 Å². The van der Waals surface area contributed by atoms with E-state index in [4.69, 9.17) is 16.3 Å². The van der Waals surface area contributed by atoms with E-state index in [-0.39, 0.29) is 5.28 Å². The van der Waals surface area contributed by atoms with Crippen LogP contribution in [0.4, 0.5) is 0 Å². The molecule has 0 fully saturated rings.